The summed E-state index contributed by atoms with van der Waals surface area (Å²) in [7, 11) is 0. The van der Waals surface area contributed by atoms with Crippen LogP contribution in [0.15, 0.2) is 34.7 Å². The monoisotopic (exact) mass is 363 g/mol. The molecule has 0 aliphatic carbocycles. The minimum Gasteiger partial charge on any atom is -0.374 e. The van der Waals surface area contributed by atoms with Crippen molar-refractivity contribution in [1.29, 1.82) is 0 Å². The third-order valence-electron chi connectivity index (χ3n) is 3.96. The second kappa shape index (κ2) is 8.46. The van der Waals surface area contributed by atoms with Gasteiger partial charge >= 0.3 is 0 Å². The highest BCUT2D eigenvalue weighted by Gasteiger charge is 2.22. The maximum atomic E-state index is 11.9. The molecule has 8 heteroatoms. The smallest absolute Gasteiger partial charge is 0.230 e. The highest BCUT2D eigenvalue weighted by atomic mass is 32.2. The summed E-state index contributed by atoms with van der Waals surface area (Å²) in [6.45, 7) is 3.85. The zero-order valence-electron chi connectivity index (χ0n) is 13.4. The summed E-state index contributed by atoms with van der Waals surface area (Å²) in [5.41, 5.74) is 6.86. The highest BCUT2D eigenvalue weighted by molar-refractivity contribution is 8.01. The Kier molecular flexibility index (Phi) is 6.06. The van der Waals surface area contributed by atoms with Crippen molar-refractivity contribution >= 4 is 34.1 Å². The number of nitrogens with two attached hydrogens (primary N) is 1. The van der Waals surface area contributed by atoms with Gasteiger partial charge in [-0.3, -0.25) is 9.69 Å². The molecule has 2 heterocycles. The number of amides is 1. The Labute approximate surface area is 149 Å². The van der Waals surface area contributed by atoms with E-state index in [-0.39, 0.29) is 5.91 Å². The summed E-state index contributed by atoms with van der Waals surface area (Å²) in [4.78, 5) is 14.4. The van der Waals surface area contributed by atoms with E-state index in [2.05, 4.69) is 44.7 Å². The van der Waals surface area contributed by atoms with Gasteiger partial charge in [-0.05, 0) is 24.4 Å². The van der Waals surface area contributed by atoms with Gasteiger partial charge in [0.15, 0.2) is 4.34 Å². The number of thioether (sulfide) groups is 1. The topological polar surface area (TPSA) is 84.1 Å². The van der Waals surface area contributed by atoms with Gasteiger partial charge in [0, 0.05) is 19.6 Å². The number of anilines is 1. The van der Waals surface area contributed by atoms with Crippen molar-refractivity contribution in [3.8, 4) is 0 Å². The minimum absolute atomic E-state index is 0.0373. The van der Waals surface area contributed by atoms with Crippen LogP contribution < -0.4 is 11.1 Å². The summed E-state index contributed by atoms with van der Waals surface area (Å²) in [6, 6.07) is 10.5. The number of nitrogens with one attached hydrogen (secondary N) is 1. The van der Waals surface area contributed by atoms with Crippen LogP contribution in [-0.4, -0.2) is 46.4 Å². The fourth-order valence-electron chi connectivity index (χ4n) is 2.78. The summed E-state index contributed by atoms with van der Waals surface area (Å²) >= 11 is 2.68. The van der Waals surface area contributed by atoms with Crippen LogP contribution in [0, 0.1) is 5.92 Å². The van der Waals surface area contributed by atoms with E-state index in [0.717, 1.165) is 36.9 Å². The summed E-state index contributed by atoms with van der Waals surface area (Å²) in [5.74, 6) is 0.921. The third kappa shape index (κ3) is 5.19. The van der Waals surface area contributed by atoms with Crippen molar-refractivity contribution in [3.05, 3.63) is 35.9 Å². The number of benzene rings is 1. The first kappa shape index (κ1) is 17.2. The van der Waals surface area contributed by atoms with E-state index in [0.29, 0.717) is 16.8 Å². The number of likely N-dealkylation sites (tertiary alicyclic amines) is 1. The molecule has 1 aromatic heterocycles. The maximum absolute atomic E-state index is 11.9. The SMILES string of the molecule is Nc1nnc(SCC(=O)NC[C@H]2CCN(Cc3ccccc3)C2)s1. The number of nitrogen functional groups attached to an aromatic ring is 1. The molecule has 0 bridgehead atoms. The van der Waals surface area contributed by atoms with Gasteiger partial charge in [0.1, 0.15) is 0 Å². The summed E-state index contributed by atoms with van der Waals surface area (Å²) in [6.07, 6.45) is 1.13. The van der Waals surface area contributed by atoms with Gasteiger partial charge in [-0.15, -0.1) is 10.2 Å². The van der Waals surface area contributed by atoms with E-state index in [9.17, 15) is 4.79 Å². The Morgan fingerprint density at radius 1 is 1.38 bits per heavy atom. The van der Waals surface area contributed by atoms with Crippen molar-refractivity contribution in [1.82, 2.24) is 20.4 Å². The molecule has 1 fully saturated rings. The minimum atomic E-state index is 0.0373. The molecule has 1 saturated heterocycles. The zero-order valence-corrected chi connectivity index (χ0v) is 15.0. The molecule has 24 heavy (non-hydrogen) atoms. The standard InChI is InChI=1S/C16H21N5OS2/c17-15-19-20-16(24-15)23-11-14(22)18-8-13-6-7-21(10-13)9-12-4-2-1-3-5-12/h1-5,13H,6-11H2,(H2,17,19)(H,18,22)/t13-/m1/s1. The van der Waals surface area contributed by atoms with E-state index in [4.69, 9.17) is 5.73 Å². The maximum Gasteiger partial charge on any atom is 0.230 e. The molecule has 0 spiro atoms. The summed E-state index contributed by atoms with van der Waals surface area (Å²) in [5, 5.41) is 11.1. The van der Waals surface area contributed by atoms with Crippen LogP contribution in [0.25, 0.3) is 0 Å². The number of carbonyl (C=O) groups is 1. The van der Waals surface area contributed by atoms with E-state index in [1.54, 1.807) is 0 Å². The third-order valence-corrected chi connectivity index (χ3v) is 5.84. The van der Waals surface area contributed by atoms with Crippen LogP contribution in [0.1, 0.15) is 12.0 Å². The molecule has 0 saturated carbocycles. The molecule has 1 aliphatic heterocycles. The lowest BCUT2D eigenvalue weighted by Gasteiger charge is -2.16. The molecule has 3 N–H and O–H groups in total. The molecule has 1 aliphatic rings. The van der Waals surface area contributed by atoms with Gasteiger partial charge in [-0.1, -0.05) is 53.4 Å². The van der Waals surface area contributed by atoms with E-state index in [1.807, 2.05) is 6.07 Å². The van der Waals surface area contributed by atoms with Crippen molar-refractivity contribution in [2.45, 2.75) is 17.3 Å². The zero-order chi connectivity index (χ0) is 16.8. The van der Waals surface area contributed by atoms with Gasteiger partial charge < -0.3 is 11.1 Å². The molecule has 3 rings (SSSR count). The lowest BCUT2D eigenvalue weighted by molar-refractivity contribution is -0.118. The average Bonchev–Trinajstić information content (AvgIpc) is 3.21. The van der Waals surface area contributed by atoms with E-state index in [1.165, 1.54) is 28.7 Å². The number of carbonyl (C=O) groups excluding carboxylic acids is 1. The van der Waals surface area contributed by atoms with Crippen LogP contribution in [0.5, 0.6) is 0 Å². The molecular weight excluding hydrogens is 342 g/mol. The quantitative estimate of drug-likeness (QED) is 0.731. The van der Waals surface area contributed by atoms with Gasteiger partial charge in [0.2, 0.25) is 11.0 Å². The number of aromatic nitrogens is 2. The van der Waals surface area contributed by atoms with Crippen molar-refractivity contribution in [2.75, 3.05) is 31.1 Å². The Hall–Kier alpha value is -1.64. The predicted octanol–water partition coefficient (Wildman–Crippen LogP) is 1.85. The molecule has 1 atom stereocenters. The number of nitrogens with zero attached hydrogens (tertiary/aromatic N) is 3. The molecular formula is C16H21N5OS2. The summed E-state index contributed by atoms with van der Waals surface area (Å²) < 4.78 is 0.734. The van der Waals surface area contributed by atoms with Crippen molar-refractivity contribution < 1.29 is 4.79 Å². The Bertz CT molecular complexity index is 663. The van der Waals surface area contributed by atoms with Crippen LogP contribution in [0.3, 0.4) is 0 Å². The van der Waals surface area contributed by atoms with E-state index < -0.39 is 0 Å². The van der Waals surface area contributed by atoms with Crippen molar-refractivity contribution in [3.63, 3.8) is 0 Å². The molecule has 1 aromatic carbocycles. The first-order valence-corrected chi connectivity index (χ1v) is 9.74. The normalized spacial score (nSPS) is 17.9. The Morgan fingerprint density at radius 2 is 2.21 bits per heavy atom. The first-order valence-electron chi connectivity index (χ1n) is 7.94. The first-order chi connectivity index (χ1) is 11.7. The average molecular weight is 364 g/mol. The predicted molar refractivity (Wildman–Crippen MR) is 97.9 cm³/mol. The highest BCUT2D eigenvalue weighted by Crippen LogP contribution is 2.23. The lowest BCUT2D eigenvalue weighted by atomic mass is 10.1. The van der Waals surface area contributed by atoms with Gasteiger partial charge in [-0.2, -0.15) is 0 Å². The van der Waals surface area contributed by atoms with Crippen LogP contribution in [0.2, 0.25) is 0 Å². The van der Waals surface area contributed by atoms with Crippen molar-refractivity contribution in [2.24, 2.45) is 5.92 Å². The molecule has 2 aromatic rings. The van der Waals surface area contributed by atoms with Gasteiger partial charge in [0.25, 0.3) is 0 Å². The number of hydrogen-bond acceptors (Lipinski definition) is 7. The number of hydrogen-bond donors (Lipinski definition) is 2. The van der Waals surface area contributed by atoms with E-state index >= 15 is 0 Å². The second-order valence-electron chi connectivity index (χ2n) is 5.87. The van der Waals surface area contributed by atoms with Crippen LogP contribution in [0.4, 0.5) is 5.13 Å². The Balaban J connectivity index is 1.34. The lowest BCUT2D eigenvalue weighted by Crippen LogP contribution is -2.32. The second-order valence-corrected chi connectivity index (χ2v) is 8.11. The van der Waals surface area contributed by atoms with Gasteiger partial charge in [-0.25, -0.2) is 0 Å². The Morgan fingerprint density at radius 3 is 2.96 bits per heavy atom. The molecule has 6 nitrogen and oxygen atoms in total. The fourth-order valence-corrected chi connectivity index (χ4v) is 4.25. The molecule has 0 radical (unpaired) electrons. The number of rotatable bonds is 7. The molecule has 128 valence electrons. The molecule has 1 amide bonds. The largest absolute Gasteiger partial charge is 0.374 e. The van der Waals surface area contributed by atoms with Crippen LogP contribution >= 0.6 is 23.1 Å². The van der Waals surface area contributed by atoms with Crippen LogP contribution in [-0.2, 0) is 11.3 Å². The molecule has 0 unspecified atom stereocenters. The van der Waals surface area contributed by atoms with Gasteiger partial charge in [0.05, 0.1) is 5.75 Å². The fraction of sp³-hybridized carbons (Fsp3) is 0.438.